The standard InChI is InChI=1S/C21H22F3N7O/c1-13-10-17(31-27-7-8-28-31)19(26-11-13)20(32)30-9-3-4-16(14(30)2)29-18-6-5-15(12-25-18)21(22,23)24/h5-8,10-12,14,16H,3-4,9H2,1-2H3,(H,25,29). The van der Waals surface area contributed by atoms with Crippen LogP contribution in [0.1, 0.15) is 41.4 Å². The number of halogens is 3. The number of piperidine rings is 1. The highest BCUT2D eigenvalue weighted by Crippen LogP contribution is 2.29. The zero-order valence-corrected chi connectivity index (χ0v) is 17.5. The summed E-state index contributed by atoms with van der Waals surface area (Å²) in [5.74, 6) is 0.0794. The number of aromatic nitrogens is 5. The Kier molecular flexibility index (Phi) is 5.81. The van der Waals surface area contributed by atoms with Gasteiger partial charge in [-0.2, -0.15) is 23.4 Å². The van der Waals surface area contributed by atoms with Crippen LogP contribution in [0.2, 0.25) is 0 Å². The number of nitrogens with zero attached hydrogens (tertiary/aromatic N) is 6. The van der Waals surface area contributed by atoms with E-state index in [2.05, 4.69) is 25.5 Å². The largest absolute Gasteiger partial charge is 0.417 e. The summed E-state index contributed by atoms with van der Waals surface area (Å²) in [5.41, 5.74) is 0.800. The molecule has 1 aliphatic heterocycles. The summed E-state index contributed by atoms with van der Waals surface area (Å²) in [6, 6.07) is 3.69. The highest BCUT2D eigenvalue weighted by Gasteiger charge is 2.34. The van der Waals surface area contributed by atoms with E-state index in [1.165, 1.54) is 23.3 Å². The third kappa shape index (κ3) is 4.41. The maximum absolute atomic E-state index is 13.4. The van der Waals surface area contributed by atoms with Gasteiger partial charge in [0.15, 0.2) is 5.69 Å². The predicted molar refractivity (Wildman–Crippen MR) is 110 cm³/mol. The first kappa shape index (κ1) is 21.7. The van der Waals surface area contributed by atoms with Crippen molar-refractivity contribution in [2.75, 3.05) is 11.9 Å². The number of amides is 1. The smallest absolute Gasteiger partial charge is 0.365 e. The summed E-state index contributed by atoms with van der Waals surface area (Å²) in [6.07, 6.45) is 2.52. The second kappa shape index (κ2) is 8.56. The molecule has 0 aromatic carbocycles. The average Bonchev–Trinajstić information content (AvgIpc) is 3.29. The highest BCUT2D eigenvalue weighted by molar-refractivity contribution is 5.96. The number of rotatable bonds is 4. The van der Waals surface area contributed by atoms with E-state index in [0.717, 1.165) is 30.7 Å². The van der Waals surface area contributed by atoms with Gasteiger partial charge in [-0.15, -0.1) is 4.80 Å². The molecule has 32 heavy (non-hydrogen) atoms. The molecule has 1 saturated heterocycles. The van der Waals surface area contributed by atoms with Gasteiger partial charge < -0.3 is 10.2 Å². The van der Waals surface area contributed by atoms with Crippen LogP contribution in [-0.2, 0) is 6.18 Å². The van der Waals surface area contributed by atoms with Crippen molar-refractivity contribution in [2.45, 2.75) is 44.9 Å². The quantitative estimate of drug-likeness (QED) is 0.662. The first-order chi connectivity index (χ1) is 15.2. The van der Waals surface area contributed by atoms with Crippen LogP contribution in [0.5, 0.6) is 0 Å². The highest BCUT2D eigenvalue weighted by atomic mass is 19.4. The van der Waals surface area contributed by atoms with Gasteiger partial charge >= 0.3 is 6.18 Å². The average molecular weight is 445 g/mol. The second-order valence-corrected chi connectivity index (χ2v) is 7.76. The molecule has 168 valence electrons. The van der Waals surface area contributed by atoms with Crippen molar-refractivity contribution in [1.29, 1.82) is 0 Å². The minimum atomic E-state index is -4.44. The zero-order chi connectivity index (χ0) is 22.9. The van der Waals surface area contributed by atoms with Crippen molar-refractivity contribution in [3.8, 4) is 5.69 Å². The monoisotopic (exact) mass is 445 g/mol. The molecule has 1 fully saturated rings. The molecule has 4 rings (SSSR count). The van der Waals surface area contributed by atoms with Gasteiger partial charge in [0.05, 0.1) is 18.0 Å². The number of hydrogen-bond acceptors (Lipinski definition) is 6. The first-order valence-corrected chi connectivity index (χ1v) is 10.2. The number of anilines is 1. The third-order valence-corrected chi connectivity index (χ3v) is 5.51. The van der Waals surface area contributed by atoms with Crippen LogP contribution in [0.15, 0.2) is 43.0 Å². The minimum absolute atomic E-state index is 0.173. The Bertz CT molecular complexity index is 1080. The summed E-state index contributed by atoms with van der Waals surface area (Å²) in [4.78, 5) is 24.7. The number of pyridine rings is 2. The Morgan fingerprint density at radius 2 is 1.91 bits per heavy atom. The van der Waals surface area contributed by atoms with Crippen LogP contribution in [0.3, 0.4) is 0 Å². The molecular weight excluding hydrogens is 423 g/mol. The first-order valence-electron chi connectivity index (χ1n) is 10.2. The van der Waals surface area contributed by atoms with Gasteiger partial charge in [-0.25, -0.2) is 9.97 Å². The van der Waals surface area contributed by atoms with Gasteiger partial charge in [-0.05, 0) is 50.5 Å². The fourth-order valence-corrected chi connectivity index (χ4v) is 3.81. The Hall–Kier alpha value is -3.50. The van der Waals surface area contributed by atoms with E-state index < -0.39 is 11.7 Å². The number of nitrogens with one attached hydrogen (secondary N) is 1. The van der Waals surface area contributed by atoms with Gasteiger partial charge in [-0.3, -0.25) is 4.79 Å². The third-order valence-electron chi connectivity index (χ3n) is 5.51. The Labute approximate surface area is 182 Å². The second-order valence-electron chi connectivity index (χ2n) is 7.76. The van der Waals surface area contributed by atoms with Crippen molar-refractivity contribution < 1.29 is 18.0 Å². The molecule has 1 N–H and O–H groups in total. The molecule has 2 atom stereocenters. The molecule has 0 bridgehead atoms. The predicted octanol–water partition coefficient (Wildman–Crippen LogP) is 3.49. The molecule has 1 aliphatic rings. The fraction of sp³-hybridized carbons (Fsp3) is 0.381. The van der Waals surface area contributed by atoms with E-state index in [1.54, 1.807) is 17.2 Å². The fourth-order valence-electron chi connectivity index (χ4n) is 3.81. The van der Waals surface area contributed by atoms with E-state index in [1.807, 2.05) is 13.8 Å². The van der Waals surface area contributed by atoms with Crippen molar-refractivity contribution in [2.24, 2.45) is 0 Å². The Morgan fingerprint density at radius 1 is 1.16 bits per heavy atom. The van der Waals surface area contributed by atoms with E-state index in [-0.39, 0.29) is 23.7 Å². The molecule has 3 aromatic heterocycles. The molecule has 4 heterocycles. The van der Waals surface area contributed by atoms with E-state index in [9.17, 15) is 18.0 Å². The maximum Gasteiger partial charge on any atom is 0.417 e. The van der Waals surface area contributed by atoms with Crippen LogP contribution < -0.4 is 5.32 Å². The van der Waals surface area contributed by atoms with Crippen molar-refractivity contribution in [1.82, 2.24) is 29.9 Å². The molecule has 2 unspecified atom stereocenters. The number of alkyl halides is 3. The van der Waals surface area contributed by atoms with Crippen LogP contribution in [0.4, 0.5) is 19.0 Å². The molecule has 3 aromatic rings. The van der Waals surface area contributed by atoms with Crippen LogP contribution in [0, 0.1) is 6.92 Å². The van der Waals surface area contributed by atoms with E-state index >= 15 is 0 Å². The zero-order valence-electron chi connectivity index (χ0n) is 17.5. The molecule has 0 saturated carbocycles. The van der Waals surface area contributed by atoms with Crippen LogP contribution in [0.25, 0.3) is 5.69 Å². The van der Waals surface area contributed by atoms with Gasteiger partial charge in [0.2, 0.25) is 0 Å². The molecule has 8 nitrogen and oxygen atoms in total. The van der Waals surface area contributed by atoms with Crippen molar-refractivity contribution in [3.63, 3.8) is 0 Å². The van der Waals surface area contributed by atoms with Gasteiger partial charge in [0.25, 0.3) is 5.91 Å². The molecule has 1 amide bonds. The summed E-state index contributed by atoms with van der Waals surface area (Å²) >= 11 is 0. The maximum atomic E-state index is 13.4. The Morgan fingerprint density at radius 3 is 2.56 bits per heavy atom. The topological polar surface area (TPSA) is 88.8 Å². The lowest BCUT2D eigenvalue weighted by molar-refractivity contribution is -0.137. The van der Waals surface area contributed by atoms with Gasteiger partial charge in [-0.1, -0.05) is 0 Å². The summed E-state index contributed by atoms with van der Waals surface area (Å²) < 4.78 is 38.3. The van der Waals surface area contributed by atoms with Crippen molar-refractivity contribution in [3.05, 3.63) is 59.8 Å². The van der Waals surface area contributed by atoms with Gasteiger partial charge in [0, 0.05) is 31.0 Å². The number of carbonyl (C=O) groups excluding carboxylic acids is 1. The van der Waals surface area contributed by atoms with Gasteiger partial charge in [0.1, 0.15) is 11.5 Å². The summed E-state index contributed by atoms with van der Waals surface area (Å²) in [6.45, 7) is 4.31. The van der Waals surface area contributed by atoms with Crippen LogP contribution >= 0.6 is 0 Å². The Balaban J connectivity index is 1.54. The van der Waals surface area contributed by atoms with Crippen LogP contribution in [-0.4, -0.2) is 54.4 Å². The summed E-state index contributed by atoms with van der Waals surface area (Å²) in [7, 11) is 0. The number of likely N-dealkylation sites (tertiary alicyclic amines) is 1. The molecule has 0 radical (unpaired) electrons. The normalized spacial score (nSPS) is 19.1. The number of carbonyl (C=O) groups is 1. The number of hydrogen-bond donors (Lipinski definition) is 1. The molecule has 0 aliphatic carbocycles. The van der Waals surface area contributed by atoms with E-state index in [4.69, 9.17) is 0 Å². The van der Waals surface area contributed by atoms with E-state index in [0.29, 0.717) is 18.1 Å². The number of aryl methyl sites for hydroxylation is 1. The molecule has 11 heteroatoms. The summed E-state index contributed by atoms with van der Waals surface area (Å²) in [5, 5.41) is 11.4. The minimum Gasteiger partial charge on any atom is -0.365 e. The lowest BCUT2D eigenvalue weighted by atomic mass is 9.96. The lowest BCUT2D eigenvalue weighted by Crippen LogP contribution is -2.52. The lowest BCUT2D eigenvalue weighted by Gasteiger charge is -2.40. The molecular formula is C21H22F3N7O. The van der Waals surface area contributed by atoms with Crippen molar-refractivity contribution >= 4 is 11.7 Å². The SMILES string of the molecule is Cc1cnc(C(=O)N2CCCC(Nc3ccc(C(F)(F)F)cn3)C2C)c(-n2nccn2)c1. The molecule has 0 spiro atoms.